The van der Waals surface area contributed by atoms with E-state index in [4.69, 9.17) is 27.1 Å². The van der Waals surface area contributed by atoms with Crippen molar-refractivity contribution in [1.29, 1.82) is 0 Å². The first-order valence-electron chi connectivity index (χ1n) is 9.59. The van der Waals surface area contributed by atoms with Crippen LogP contribution < -0.4 is 15.4 Å². The molecule has 148 valence electrons. The summed E-state index contributed by atoms with van der Waals surface area (Å²) in [6.45, 7) is 3.59. The largest absolute Gasteiger partial charge is 0.424 e. The van der Waals surface area contributed by atoms with Crippen molar-refractivity contribution in [1.82, 2.24) is 24.9 Å². The van der Waals surface area contributed by atoms with E-state index < -0.39 is 0 Å². The summed E-state index contributed by atoms with van der Waals surface area (Å²) in [7, 11) is 0. The van der Waals surface area contributed by atoms with Crippen molar-refractivity contribution in [2.24, 2.45) is 5.73 Å². The predicted octanol–water partition coefficient (Wildman–Crippen LogP) is 3.45. The highest BCUT2D eigenvalue weighted by molar-refractivity contribution is 6.37. The zero-order valence-corrected chi connectivity index (χ0v) is 16.6. The van der Waals surface area contributed by atoms with Gasteiger partial charge in [0, 0.05) is 43.3 Å². The van der Waals surface area contributed by atoms with Crippen LogP contribution in [0.25, 0.3) is 22.1 Å². The van der Waals surface area contributed by atoms with E-state index in [1.807, 2.05) is 25.1 Å². The Labute approximate surface area is 172 Å². The number of nitrogens with zero attached hydrogens (tertiary/aromatic N) is 5. The maximum absolute atomic E-state index is 6.63. The normalized spacial score (nSPS) is 16.8. The number of halogens is 1. The zero-order chi connectivity index (χ0) is 20.0. The first-order valence-corrected chi connectivity index (χ1v) is 9.97. The van der Waals surface area contributed by atoms with Gasteiger partial charge in [0.05, 0.1) is 21.4 Å². The quantitative estimate of drug-likeness (QED) is 0.531. The molecule has 0 radical (unpaired) electrons. The lowest BCUT2D eigenvalue weighted by Gasteiger charge is -2.18. The molecule has 1 atom stereocenters. The summed E-state index contributed by atoms with van der Waals surface area (Å²) in [6.07, 6.45) is 4.99. The molecule has 8 nitrogen and oxygen atoms in total. The van der Waals surface area contributed by atoms with Gasteiger partial charge in [-0.2, -0.15) is 9.97 Å². The first-order chi connectivity index (χ1) is 14.1. The van der Waals surface area contributed by atoms with E-state index in [1.54, 1.807) is 12.4 Å². The van der Waals surface area contributed by atoms with Crippen LogP contribution in [0.15, 0.2) is 30.6 Å². The lowest BCUT2D eigenvalue weighted by atomic mass is 10.3. The molecule has 3 N–H and O–H groups in total. The van der Waals surface area contributed by atoms with E-state index in [1.165, 1.54) is 0 Å². The predicted molar refractivity (Wildman–Crippen MR) is 113 cm³/mol. The van der Waals surface area contributed by atoms with E-state index in [-0.39, 0.29) is 12.1 Å². The Hall–Kier alpha value is -2.97. The van der Waals surface area contributed by atoms with Crippen LogP contribution in [0.1, 0.15) is 19.0 Å². The number of anilines is 1. The second-order valence-electron chi connectivity index (χ2n) is 7.13. The Morgan fingerprint density at radius 1 is 1.24 bits per heavy atom. The van der Waals surface area contributed by atoms with Crippen LogP contribution in [-0.4, -0.2) is 44.1 Å². The Kier molecular flexibility index (Phi) is 4.44. The van der Waals surface area contributed by atoms with Gasteiger partial charge in [-0.25, -0.2) is 0 Å². The van der Waals surface area contributed by atoms with E-state index >= 15 is 0 Å². The van der Waals surface area contributed by atoms with Gasteiger partial charge in [-0.15, -0.1) is 0 Å². The molecule has 0 aliphatic carbocycles. The van der Waals surface area contributed by atoms with Gasteiger partial charge in [0.1, 0.15) is 17.2 Å². The zero-order valence-electron chi connectivity index (χ0n) is 15.9. The Balaban J connectivity index is 1.59. The van der Waals surface area contributed by atoms with Gasteiger partial charge in [-0.3, -0.25) is 9.97 Å². The van der Waals surface area contributed by atoms with Crippen molar-refractivity contribution in [3.8, 4) is 11.8 Å². The number of aromatic amines is 1. The van der Waals surface area contributed by atoms with Gasteiger partial charge in [-0.1, -0.05) is 18.5 Å². The minimum absolute atomic E-state index is 0.117. The smallest absolute Gasteiger partial charge is 0.325 e. The van der Waals surface area contributed by atoms with Crippen LogP contribution in [0, 0.1) is 0 Å². The molecule has 0 amide bonds. The molecular formula is C20H20ClN7O. The number of nitrogens with two attached hydrogens (primary N) is 1. The maximum Gasteiger partial charge on any atom is 0.325 e. The minimum Gasteiger partial charge on any atom is -0.424 e. The van der Waals surface area contributed by atoms with Crippen LogP contribution in [0.4, 0.5) is 5.82 Å². The number of fused-ring (bicyclic) bond motifs is 2. The molecule has 1 aromatic carbocycles. The summed E-state index contributed by atoms with van der Waals surface area (Å²) >= 11 is 6.63. The van der Waals surface area contributed by atoms with Gasteiger partial charge in [-0.05, 0) is 25.0 Å². The van der Waals surface area contributed by atoms with Crippen molar-refractivity contribution in [2.75, 3.05) is 18.0 Å². The van der Waals surface area contributed by atoms with E-state index in [9.17, 15) is 0 Å². The molecule has 5 rings (SSSR count). The molecule has 1 aliphatic heterocycles. The highest BCUT2D eigenvalue weighted by atomic mass is 35.5. The fourth-order valence-corrected chi connectivity index (χ4v) is 4.03. The Bertz CT molecular complexity index is 1210. The number of hydrogen-bond donors (Lipinski definition) is 2. The summed E-state index contributed by atoms with van der Waals surface area (Å²) in [6, 6.07) is 5.87. The molecular weight excluding hydrogens is 390 g/mol. The maximum atomic E-state index is 6.63. The highest BCUT2D eigenvalue weighted by Crippen LogP contribution is 2.37. The summed E-state index contributed by atoms with van der Waals surface area (Å²) in [5.74, 6) is 1.34. The van der Waals surface area contributed by atoms with Crippen molar-refractivity contribution >= 4 is 39.5 Å². The fourth-order valence-electron chi connectivity index (χ4n) is 3.68. The number of hydrogen-bond acceptors (Lipinski definition) is 7. The Morgan fingerprint density at radius 2 is 2.07 bits per heavy atom. The summed E-state index contributed by atoms with van der Waals surface area (Å²) in [5, 5.41) is 1.47. The lowest BCUT2D eigenvalue weighted by Crippen LogP contribution is -2.27. The lowest BCUT2D eigenvalue weighted by molar-refractivity contribution is 0.444. The van der Waals surface area contributed by atoms with E-state index in [0.29, 0.717) is 16.4 Å². The number of benzene rings is 1. The number of H-pyrrole nitrogens is 1. The van der Waals surface area contributed by atoms with Crippen molar-refractivity contribution in [3.63, 3.8) is 0 Å². The van der Waals surface area contributed by atoms with E-state index in [0.717, 1.165) is 53.9 Å². The topological polar surface area (TPSA) is 106 Å². The second-order valence-corrected chi connectivity index (χ2v) is 7.51. The minimum atomic E-state index is 0.117. The molecule has 0 saturated carbocycles. The van der Waals surface area contributed by atoms with Crippen molar-refractivity contribution in [2.45, 2.75) is 25.8 Å². The van der Waals surface area contributed by atoms with Gasteiger partial charge in [0.15, 0.2) is 0 Å². The van der Waals surface area contributed by atoms with Crippen LogP contribution in [0.3, 0.4) is 0 Å². The molecule has 1 unspecified atom stereocenters. The highest BCUT2D eigenvalue weighted by Gasteiger charge is 2.26. The molecule has 4 aromatic rings. The molecule has 9 heteroatoms. The van der Waals surface area contributed by atoms with Crippen molar-refractivity contribution in [3.05, 3.63) is 41.3 Å². The number of aromatic nitrogens is 5. The molecule has 0 spiro atoms. The van der Waals surface area contributed by atoms with Crippen LogP contribution in [0.2, 0.25) is 5.02 Å². The van der Waals surface area contributed by atoms with Crippen LogP contribution >= 0.6 is 11.6 Å². The fraction of sp³-hybridized carbons (Fsp3) is 0.300. The first kappa shape index (κ1) is 18.1. The third-order valence-corrected chi connectivity index (χ3v) is 5.57. The number of nitrogens with one attached hydrogen (secondary N) is 1. The summed E-state index contributed by atoms with van der Waals surface area (Å²) < 4.78 is 5.99. The number of aryl methyl sites for hydroxylation is 1. The van der Waals surface area contributed by atoms with Crippen LogP contribution in [0.5, 0.6) is 11.8 Å². The number of ether oxygens (including phenoxy) is 1. The van der Waals surface area contributed by atoms with Gasteiger partial charge < -0.3 is 20.4 Å². The Morgan fingerprint density at radius 3 is 2.83 bits per heavy atom. The third-order valence-electron chi connectivity index (χ3n) is 5.15. The van der Waals surface area contributed by atoms with Crippen LogP contribution in [-0.2, 0) is 6.42 Å². The summed E-state index contributed by atoms with van der Waals surface area (Å²) in [5.41, 5.74) is 9.25. The van der Waals surface area contributed by atoms with Gasteiger partial charge in [0.2, 0.25) is 0 Å². The monoisotopic (exact) mass is 409 g/mol. The van der Waals surface area contributed by atoms with Gasteiger partial charge >= 0.3 is 6.01 Å². The van der Waals surface area contributed by atoms with Gasteiger partial charge in [0.25, 0.3) is 0 Å². The van der Waals surface area contributed by atoms with E-state index in [2.05, 4.69) is 24.8 Å². The molecule has 1 aliphatic rings. The average molecular weight is 410 g/mol. The standard InChI is InChI=1S/C20H20ClN7O/c1-2-13-17(21)16-18(25-13)26-20(27-19(16)28-8-5-11(22)10-28)29-12-3-4-14-15(9-12)24-7-6-23-14/h3-4,6-7,9,11H,2,5,8,10,22H2,1H3,(H,25,26,27). The molecule has 3 aromatic heterocycles. The van der Waals surface area contributed by atoms with Crippen molar-refractivity contribution < 1.29 is 4.74 Å². The molecule has 1 saturated heterocycles. The SMILES string of the molecule is CCc1[nH]c2nc(Oc3ccc4nccnc4c3)nc(N3CCC(N)C3)c2c1Cl. The third kappa shape index (κ3) is 3.24. The molecule has 29 heavy (non-hydrogen) atoms. The second kappa shape index (κ2) is 7.13. The molecule has 1 fully saturated rings. The average Bonchev–Trinajstić information content (AvgIpc) is 3.30. The molecule has 0 bridgehead atoms. The number of rotatable bonds is 4. The molecule has 4 heterocycles. The summed E-state index contributed by atoms with van der Waals surface area (Å²) in [4.78, 5) is 23.3.